The van der Waals surface area contributed by atoms with Crippen molar-refractivity contribution >= 4 is 34.3 Å². The molecule has 1 saturated carbocycles. The van der Waals surface area contributed by atoms with Crippen LogP contribution in [0.15, 0.2) is 134 Å². The van der Waals surface area contributed by atoms with Gasteiger partial charge >= 0.3 is 66.8 Å². The van der Waals surface area contributed by atoms with Crippen LogP contribution in [0.2, 0.25) is 0 Å². The number of nitrogens with zero attached hydrogens (tertiary/aromatic N) is 8. The molecule has 0 aromatic carbocycles. The van der Waals surface area contributed by atoms with Crippen LogP contribution in [0.4, 0.5) is 8.39 Å². The van der Waals surface area contributed by atoms with Gasteiger partial charge in [-0.25, -0.2) is 79.1 Å². The number of aliphatic imine (C=N–C) groups is 1. The molecule has 2 atom stereocenters. The number of allylic oxidation sites excluding steroid dienone is 6. The largest absolute Gasteiger partial charge is 1.00 e. The summed E-state index contributed by atoms with van der Waals surface area (Å²) in [4.78, 5) is 104. The van der Waals surface area contributed by atoms with Crippen molar-refractivity contribution in [2.24, 2.45) is 16.8 Å². The van der Waals surface area contributed by atoms with E-state index < -0.39 is 80.1 Å². The van der Waals surface area contributed by atoms with Crippen molar-refractivity contribution in [1.29, 1.82) is 5.26 Å². The molecular formula is C42H56F2LiN8O19PS2. The maximum atomic E-state index is 12.3. The SMILES string of the molecule is C=C(C)Cn1c(=O)n(CC(=C)C)c(=O)n(CC(=C)C)c1=O.C=CCn1c(=O)n(CC=C)c(=O)n(CC=C)c1=O.N#COCC1CCCC(CN=C=O)C1.O=P([O-])(F)F.O=S1(=O)CS(=O)(=O)OCO1.O=c1occo1.[Li+]. The molecule has 1 aliphatic heterocycles. The van der Waals surface area contributed by atoms with Gasteiger partial charge < -0.3 is 18.5 Å². The molecule has 0 amide bonds. The van der Waals surface area contributed by atoms with Crippen molar-refractivity contribution in [2.45, 2.75) is 85.7 Å². The number of aromatic nitrogens is 6. The maximum absolute atomic E-state index is 12.3. The van der Waals surface area contributed by atoms with Gasteiger partial charge in [-0.3, -0.25) is 4.57 Å². The van der Waals surface area contributed by atoms with Crippen LogP contribution in [0.5, 0.6) is 0 Å². The fraction of sp³-hybridized carbons (Fsp3) is 0.452. The minimum Gasteiger partial charge on any atom is -0.749 e. The Hall–Kier alpha value is -6.59. The van der Waals surface area contributed by atoms with Crippen LogP contribution in [0, 0.1) is 23.4 Å². The number of ether oxygens (including phenoxy) is 1. The third-order valence-corrected chi connectivity index (χ3v) is 12.0. The summed E-state index contributed by atoms with van der Waals surface area (Å²) in [5, 5.41) is 7.16. The van der Waals surface area contributed by atoms with E-state index >= 15 is 0 Å². The van der Waals surface area contributed by atoms with Crippen LogP contribution in [-0.4, -0.2) is 75.3 Å². The molecule has 0 radical (unpaired) electrons. The maximum Gasteiger partial charge on any atom is 1.00 e. The molecule has 0 N–H and O–H groups in total. The van der Waals surface area contributed by atoms with Gasteiger partial charge in [-0.2, -0.15) is 30.5 Å². The Bertz CT molecular complexity index is 2950. The van der Waals surface area contributed by atoms with Crippen molar-refractivity contribution in [3.63, 3.8) is 0 Å². The summed E-state index contributed by atoms with van der Waals surface area (Å²) < 4.78 is 96.7. The predicted molar refractivity (Wildman–Crippen MR) is 260 cm³/mol. The van der Waals surface area contributed by atoms with Gasteiger partial charge in [-0.15, -0.1) is 19.7 Å². The number of carbonyl (C=O) groups excluding carboxylic acids is 1. The molecule has 33 heteroatoms. The first-order valence-electron chi connectivity index (χ1n) is 21.1. The third-order valence-electron chi connectivity index (χ3n) is 8.81. The number of nitriles is 1. The van der Waals surface area contributed by atoms with Crippen LogP contribution in [0.25, 0.3) is 0 Å². The summed E-state index contributed by atoms with van der Waals surface area (Å²) in [5.74, 6) is 0.266. The number of isocyanates is 1. The van der Waals surface area contributed by atoms with E-state index in [1.54, 1.807) is 33.1 Å². The zero-order valence-corrected chi connectivity index (χ0v) is 44.1. The molecule has 75 heavy (non-hydrogen) atoms. The molecule has 0 spiro atoms. The Balaban J connectivity index is 0. The Morgan fingerprint density at radius 2 is 1.07 bits per heavy atom. The van der Waals surface area contributed by atoms with Crippen LogP contribution in [-0.2, 0) is 82.0 Å². The minimum absolute atomic E-state index is 0. The molecule has 5 rings (SSSR count). The summed E-state index contributed by atoms with van der Waals surface area (Å²) >= 11 is 0. The molecule has 3 aromatic heterocycles. The average molecular weight is 1120 g/mol. The normalized spacial score (nSPS) is 15.6. The van der Waals surface area contributed by atoms with Crippen molar-refractivity contribution in [3.8, 4) is 6.26 Å². The number of hydrogen-bond acceptors (Lipinski definition) is 21. The summed E-state index contributed by atoms with van der Waals surface area (Å²) in [6, 6.07) is 0. The van der Waals surface area contributed by atoms with Crippen LogP contribution in [0.1, 0.15) is 46.5 Å². The first-order valence-corrected chi connectivity index (χ1v) is 25.6. The van der Waals surface area contributed by atoms with Crippen molar-refractivity contribution < 1.29 is 80.3 Å². The van der Waals surface area contributed by atoms with Gasteiger partial charge in [0.15, 0.2) is 6.79 Å². The Morgan fingerprint density at radius 3 is 1.32 bits per heavy atom. The van der Waals surface area contributed by atoms with E-state index in [2.05, 4.69) is 61.7 Å². The van der Waals surface area contributed by atoms with Gasteiger partial charge in [0.2, 0.25) is 11.2 Å². The first kappa shape index (κ1) is 70.5. The molecule has 1 saturated heterocycles. The van der Waals surface area contributed by atoms with Crippen molar-refractivity contribution in [3.05, 3.63) is 160 Å². The summed E-state index contributed by atoms with van der Waals surface area (Å²) in [7, 11) is -13.7. The molecule has 4 heterocycles. The summed E-state index contributed by atoms with van der Waals surface area (Å²) in [6.07, 6.45) is 14.3. The molecule has 0 bridgehead atoms. The van der Waals surface area contributed by atoms with E-state index in [1.807, 2.05) is 0 Å². The van der Waals surface area contributed by atoms with Crippen LogP contribution < -0.4 is 63.7 Å². The van der Waals surface area contributed by atoms with Gasteiger partial charge in [0.25, 0.3) is 26.5 Å². The van der Waals surface area contributed by atoms with Crippen molar-refractivity contribution in [2.75, 3.05) is 25.0 Å². The smallest absolute Gasteiger partial charge is 0.749 e. The van der Waals surface area contributed by atoms with E-state index in [4.69, 9.17) is 19.5 Å². The second-order valence-electron chi connectivity index (χ2n) is 15.5. The quantitative estimate of drug-likeness (QED) is 0.0299. The molecule has 3 aromatic rings. The third kappa shape index (κ3) is 28.0. The fourth-order valence-corrected chi connectivity index (χ4v) is 8.49. The topological polar surface area (TPSA) is 365 Å². The van der Waals surface area contributed by atoms with Gasteiger partial charge in [0.05, 0.1) is 45.8 Å². The number of rotatable bonds is 16. The Morgan fingerprint density at radius 1 is 0.733 bits per heavy atom. The van der Waals surface area contributed by atoms with E-state index in [1.165, 1.54) is 30.8 Å². The van der Waals surface area contributed by atoms with E-state index in [9.17, 15) is 63.6 Å². The molecule has 2 aliphatic rings. The van der Waals surface area contributed by atoms with Gasteiger partial charge in [0, 0.05) is 0 Å². The second-order valence-corrected chi connectivity index (χ2v) is 20.0. The summed E-state index contributed by atoms with van der Waals surface area (Å²) in [6.45, 7) is 27.4. The van der Waals surface area contributed by atoms with Gasteiger partial charge in [0.1, 0.15) is 19.1 Å². The molecule has 27 nitrogen and oxygen atoms in total. The predicted octanol–water partition coefficient (Wildman–Crippen LogP) is -1.51. The Kier molecular flexibility index (Phi) is 32.7. The zero-order valence-electron chi connectivity index (χ0n) is 41.5. The van der Waals surface area contributed by atoms with Crippen molar-refractivity contribution in [1.82, 2.24) is 27.4 Å². The van der Waals surface area contributed by atoms with E-state index in [0.717, 1.165) is 53.1 Å². The van der Waals surface area contributed by atoms with E-state index in [-0.39, 0.29) is 58.1 Å². The van der Waals surface area contributed by atoms with Gasteiger partial charge in [-0.1, -0.05) is 61.1 Å². The monoisotopic (exact) mass is 1120 g/mol. The standard InChI is InChI=1S/C15H21N3O3.C12H15N3O3.C10H14N2O2.C3H2O3.C2H4O6S2.F2HO2P.Li/c1-10(2)7-16-13(19)17(8-11(3)4)15(21)18(14(16)20)9-12(5)6;1-4-7-13-10(16)14(8-5-2)12(18)15(9-6-3)11(13)17;11-7-14-6-10-3-1-2-9(4-10)5-12-8-13;4-3-5-1-2-6-3;3-9(4)2-10(5,6)8-1-7-9;1-5(2,3)4;/h1,3,5,7-9H2,2,4,6H3;4-6H,1-3,7-9H2;9-10H,1-6H2;1-2H;1-2H2;(H,3,4);/q;;;;;;+1/p-1. The van der Waals surface area contributed by atoms with Crippen LogP contribution >= 0.6 is 7.99 Å². The average Bonchev–Trinajstić information content (AvgIpc) is 3.78. The first-order chi connectivity index (χ1) is 34.4. The van der Waals surface area contributed by atoms with Gasteiger partial charge in [-0.05, 0) is 51.9 Å². The Labute approximate surface area is 439 Å². The molecule has 2 unspecified atom stereocenters. The zero-order chi connectivity index (χ0) is 57.0. The van der Waals surface area contributed by atoms with Crippen LogP contribution in [0.3, 0.4) is 0 Å². The second kappa shape index (κ2) is 34.8. The number of hydrogen-bond donors (Lipinski definition) is 0. The summed E-state index contributed by atoms with van der Waals surface area (Å²) in [5.41, 5.74) is -1.97. The molecule has 410 valence electrons. The van der Waals surface area contributed by atoms with E-state index in [0.29, 0.717) is 41.7 Å². The molecule has 1 aliphatic carbocycles. The fourth-order valence-electron chi connectivity index (χ4n) is 6.08. The minimum atomic E-state index is -5.89. The number of halogens is 2. The molecule has 2 fully saturated rings. The molecular weight excluding hydrogens is 1060 g/mol.